The average Bonchev–Trinajstić information content (AvgIpc) is 3.30. The summed E-state index contributed by atoms with van der Waals surface area (Å²) in [5.41, 5.74) is 0. The molecular formula is C50H90O15. The second-order valence-electron chi connectivity index (χ2n) is 18.0. The van der Waals surface area contributed by atoms with Gasteiger partial charge in [-0.15, -0.1) is 0 Å². The minimum atomic E-state index is -1.76. The number of hydrogen-bond donors (Lipinski definition) is 7. The van der Waals surface area contributed by atoms with Crippen molar-refractivity contribution in [3.63, 3.8) is 0 Å². The monoisotopic (exact) mass is 931 g/mol. The molecule has 2 rings (SSSR count). The van der Waals surface area contributed by atoms with Crippen LogP contribution in [0.3, 0.4) is 0 Å². The van der Waals surface area contributed by atoms with Gasteiger partial charge in [-0.25, -0.2) is 0 Å². The summed E-state index contributed by atoms with van der Waals surface area (Å²) in [5, 5.41) is 72.0. The largest absolute Gasteiger partial charge is 0.462 e. The first-order valence-corrected chi connectivity index (χ1v) is 25.4. The van der Waals surface area contributed by atoms with E-state index in [-0.39, 0.29) is 26.1 Å². The van der Waals surface area contributed by atoms with Gasteiger partial charge in [0.1, 0.15) is 55.4 Å². The molecule has 380 valence electrons. The number of ether oxygens (including phenoxy) is 6. The molecule has 0 amide bonds. The molecule has 15 heteroatoms. The van der Waals surface area contributed by atoms with Crippen LogP contribution in [0.5, 0.6) is 0 Å². The second kappa shape index (κ2) is 37.9. The highest BCUT2D eigenvalue weighted by atomic mass is 16.7. The van der Waals surface area contributed by atoms with Crippen LogP contribution in [0.15, 0.2) is 24.3 Å². The fourth-order valence-corrected chi connectivity index (χ4v) is 7.95. The number of esters is 2. The van der Waals surface area contributed by atoms with Gasteiger partial charge in [0.25, 0.3) is 0 Å². The third kappa shape index (κ3) is 26.4. The molecule has 11 unspecified atom stereocenters. The molecule has 2 fully saturated rings. The average molecular weight is 931 g/mol. The highest BCUT2D eigenvalue weighted by molar-refractivity contribution is 5.70. The molecular weight excluding hydrogens is 841 g/mol. The Hall–Kier alpha value is -2.02. The van der Waals surface area contributed by atoms with Gasteiger partial charge in [-0.3, -0.25) is 9.59 Å². The van der Waals surface area contributed by atoms with Crippen LogP contribution in [0.1, 0.15) is 187 Å². The van der Waals surface area contributed by atoms with Crippen LogP contribution in [0.2, 0.25) is 0 Å². The first kappa shape index (κ1) is 59.1. The summed E-state index contributed by atoms with van der Waals surface area (Å²) in [5.74, 6) is -0.930. The fraction of sp³-hybridized carbons (Fsp3) is 0.880. The Bertz CT molecular complexity index is 1230. The van der Waals surface area contributed by atoms with Crippen molar-refractivity contribution in [2.75, 3.05) is 26.4 Å². The van der Waals surface area contributed by atoms with Crippen molar-refractivity contribution >= 4 is 11.9 Å². The first-order chi connectivity index (χ1) is 31.5. The highest BCUT2D eigenvalue weighted by Gasteiger charge is 2.47. The molecule has 15 nitrogen and oxygen atoms in total. The molecule has 11 atom stereocenters. The maximum atomic E-state index is 13.0. The van der Waals surface area contributed by atoms with Crippen LogP contribution < -0.4 is 0 Å². The maximum absolute atomic E-state index is 13.0. The normalized spacial score (nSPS) is 26.5. The summed E-state index contributed by atoms with van der Waals surface area (Å²) >= 11 is 0. The molecule has 0 aromatic heterocycles. The highest BCUT2D eigenvalue weighted by Crippen LogP contribution is 2.26. The zero-order chi connectivity index (χ0) is 47.5. The molecule has 0 bridgehead atoms. The molecule has 0 aromatic rings. The predicted octanol–water partition coefficient (Wildman–Crippen LogP) is 6.77. The van der Waals surface area contributed by atoms with Crippen LogP contribution in [0.4, 0.5) is 0 Å². The predicted molar refractivity (Wildman–Crippen MR) is 247 cm³/mol. The van der Waals surface area contributed by atoms with Crippen molar-refractivity contribution in [2.45, 2.75) is 255 Å². The van der Waals surface area contributed by atoms with Gasteiger partial charge in [0, 0.05) is 12.8 Å². The van der Waals surface area contributed by atoms with Crippen LogP contribution in [-0.4, -0.2) is 142 Å². The van der Waals surface area contributed by atoms with Gasteiger partial charge in [0.2, 0.25) is 0 Å². The van der Waals surface area contributed by atoms with Crippen LogP contribution in [0, 0.1) is 0 Å². The lowest BCUT2D eigenvalue weighted by atomic mass is 9.98. The van der Waals surface area contributed by atoms with Gasteiger partial charge in [0.15, 0.2) is 18.7 Å². The number of carbonyl (C=O) groups excluding carboxylic acids is 2. The summed E-state index contributed by atoms with van der Waals surface area (Å²) in [6.45, 7) is 2.56. The first-order valence-electron chi connectivity index (χ1n) is 25.4. The van der Waals surface area contributed by atoms with Crippen molar-refractivity contribution in [1.29, 1.82) is 0 Å². The van der Waals surface area contributed by atoms with Gasteiger partial charge >= 0.3 is 11.9 Å². The van der Waals surface area contributed by atoms with E-state index in [1.807, 2.05) is 0 Å². The van der Waals surface area contributed by atoms with Crippen molar-refractivity contribution in [3.05, 3.63) is 24.3 Å². The molecule has 0 aliphatic carbocycles. The Balaban J connectivity index is 1.81. The smallest absolute Gasteiger partial charge is 0.306 e. The van der Waals surface area contributed by atoms with Gasteiger partial charge < -0.3 is 64.2 Å². The fourth-order valence-electron chi connectivity index (χ4n) is 7.95. The van der Waals surface area contributed by atoms with Crippen molar-refractivity contribution < 1.29 is 73.8 Å². The SMILES string of the molecule is CCCCCC/C=C\C/C=C\CCCCCCCCCC(=O)OC(COC(=O)CCCCCCCCCCCCC)COC1OC(COC2OC(CO)C(O)C(O)C2O)C(O)C(O)C1O. The standard InChI is InChI=1S/C50H90O15/c1-3-5-7-9-11-13-15-16-17-18-19-20-21-23-25-27-29-31-33-42(53)63-38(35-60-41(52)32-30-28-26-24-22-14-12-10-8-6-4-2)36-61-49-48(59)46(57)44(55)40(65-49)37-62-50-47(58)45(56)43(54)39(34-51)64-50/h13,15,17-18,38-40,43-51,54-59H,3-12,14,16,19-37H2,1-2H3/b15-13-,18-17-. The van der Waals surface area contributed by atoms with E-state index < -0.39 is 92.7 Å². The van der Waals surface area contributed by atoms with E-state index in [1.165, 1.54) is 83.5 Å². The number of rotatable bonds is 39. The van der Waals surface area contributed by atoms with Gasteiger partial charge in [-0.2, -0.15) is 0 Å². The van der Waals surface area contributed by atoms with E-state index in [1.54, 1.807) is 0 Å². The minimum absolute atomic E-state index is 0.159. The number of carbonyl (C=O) groups is 2. The number of aliphatic hydroxyl groups excluding tert-OH is 7. The van der Waals surface area contributed by atoms with Gasteiger partial charge in [-0.05, 0) is 44.9 Å². The Morgan fingerprint density at radius 1 is 0.492 bits per heavy atom. The summed E-state index contributed by atoms with van der Waals surface area (Å²) < 4.78 is 33.5. The van der Waals surface area contributed by atoms with Gasteiger partial charge in [-0.1, -0.05) is 154 Å². The molecule has 2 aliphatic rings. The summed E-state index contributed by atoms with van der Waals surface area (Å²) in [7, 11) is 0. The van der Waals surface area contributed by atoms with Crippen LogP contribution in [-0.2, 0) is 38.0 Å². The van der Waals surface area contributed by atoms with Crippen molar-refractivity contribution in [2.24, 2.45) is 0 Å². The molecule has 2 saturated heterocycles. The molecule has 2 aliphatic heterocycles. The van der Waals surface area contributed by atoms with Crippen LogP contribution >= 0.6 is 0 Å². The Kier molecular flexibility index (Phi) is 34.5. The van der Waals surface area contributed by atoms with Crippen LogP contribution in [0.25, 0.3) is 0 Å². The van der Waals surface area contributed by atoms with E-state index in [0.29, 0.717) is 12.8 Å². The molecule has 0 spiro atoms. The zero-order valence-corrected chi connectivity index (χ0v) is 40.0. The lowest BCUT2D eigenvalue weighted by molar-refractivity contribution is -0.332. The Labute approximate surface area is 390 Å². The lowest BCUT2D eigenvalue weighted by Gasteiger charge is -2.42. The van der Waals surface area contributed by atoms with Crippen molar-refractivity contribution in [3.8, 4) is 0 Å². The number of hydrogen-bond acceptors (Lipinski definition) is 15. The van der Waals surface area contributed by atoms with Gasteiger partial charge in [0.05, 0.1) is 19.8 Å². The Morgan fingerprint density at radius 2 is 0.923 bits per heavy atom. The van der Waals surface area contributed by atoms with E-state index in [4.69, 9.17) is 28.4 Å². The second-order valence-corrected chi connectivity index (χ2v) is 18.0. The summed E-state index contributed by atoms with van der Waals surface area (Å²) in [6.07, 6.45) is 20.6. The molecule has 2 heterocycles. The summed E-state index contributed by atoms with van der Waals surface area (Å²) in [4.78, 5) is 25.7. The molecule has 0 saturated carbocycles. The van der Waals surface area contributed by atoms with E-state index in [9.17, 15) is 45.3 Å². The lowest BCUT2D eigenvalue weighted by Crippen LogP contribution is -2.61. The quantitative estimate of drug-likeness (QED) is 0.0192. The topological polar surface area (TPSA) is 231 Å². The maximum Gasteiger partial charge on any atom is 0.306 e. The molecule has 0 aromatic carbocycles. The third-order valence-corrected chi connectivity index (χ3v) is 12.2. The zero-order valence-electron chi connectivity index (χ0n) is 40.0. The molecule has 65 heavy (non-hydrogen) atoms. The van der Waals surface area contributed by atoms with E-state index in [2.05, 4.69) is 38.2 Å². The summed E-state index contributed by atoms with van der Waals surface area (Å²) in [6, 6.07) is 0. The van der Waals surface area contributed by atoms with E-state index >= 15 is 0 Å². The number of allylic oxidation sites excluding steroid dienone is 4. The molecule has 0 radical (unpaired) electrons. The Morgan fingerprint density at radius 3 is 1.45 bits per heavy atom. The third-order valence-electron chi connectivity index (χ3n) is 12.2. The number of aliphatic hydroxyl groups is 7. The van der Waals surface area contributed by atoms with E-state index in [0.717, 1.165) is 64.2 Å². The minimum Gasteiger partial charge on any atom is -0.462 e. The number of unbranched alkanes of at least 4 members (excludes halogenated alkanes) is 21. The van der Waals surface area contributed by atoms with Crippen molar-refractivity contribution in [1.82, 2.24) is 0 Å². The molecule has 7 N–H and O–H groups in total.